The predicted molar refractivity (Wildman–Crippen MR) is 58.7 cm³/mol. The van der Waals surface area contributed by atoms with Gasteiger partial charge >= 0.3 is 0 Å². The highest BCUT2D eigenvalue weighted by molar-refractivity contribution is 5.94. The van der Waals surface area contributed by atoms with E-state index in [4.69, 9.17) is 11.2 Å². The molecule has 0 fully saturated rings. The number of halogens is 1. The lowest BCUT2D eigenvalue weighted by molar-refractivity contribution is 0.0812. The monoisotopic (exact) mass is 221 g/mol. The highest BCUT2D eigenvalue weighted by atomic mass is 19.1. The van der Waals surface area contributed by atoms with Crippen LogP contribution in [0.2, 0.25) is 0 Å². The number of terminal acetylenes is 1. The number of amides is 1. The third-order valence-electron chi connectivity index (χ3n) is 2.07. The Morgan fingerprint density at radius 1 is 1.62 bits per heavy atom. The molecule has 0 aliphatic rings. The number of ether oxygens (including phenoxy) is 1. The summed E-state index contributed by atoms with van der Waals surface area (Å²) in [6.07, 6.45) is 5.10. The Bertz CT molecular complexity index is 437. The molecule has 0 radical (unpaired) electrons. The lowest BCUT2D eigenvalue weighted by Crippen LogP contribution is -2.26. The van der Waals surface area contributed by atoms with Crippen molar-refractivity contribution < 1.29 is 13.9 Å². The summed E-state index contributed by atoms with van der Waals surface area (Å²) in [5.74, 6) is 1.63. The van der Waals surface area contributed by atoms with E-state index in [1.54, 1.807) is 7.05 Å². The molecule has 1 rings (SSSR count). The molecule has 0 saturated carbocycles. The maximum absolute atomic E-state index is 13.1. The van der Waals surface area contributed by atoms with Gasteiger partial charge in [0.1, 0.15) is 0 Å². The molecule has 0 bridgehead atoms. The first-order valence-electron chi connectivity index (χ1n) is 4.62. The Morgan fingerprint density at radius 2 is 2.31 bits per heavy atom. The van der Waals surface area contributed by atoms with E-state index in [1.165, 1.54) is 30.2 Å². The quantitative estimate of drug-likeness (QED) is 0.724. The van der Waals surface area contributed by atoms with Crippen molar-refractivity contribution in [2.24, 2.45) is 0 Å². The molecule has 0 saturated heterocycles. The molecule has 0 aliphatic carbocycles. The van der Waals surface area contributed by atoms with Gasteiger partial charge in [-0.25, -0.2) is 4.39 Å². The van der Waals surface area contributed by atoms with Crippen molar-refractivity contribution in [3.63, 3.8) is 0 Å². The first-order chi connectivity index (χ1) is 7.60. The van der Waals surface area contributed by atoms with E-state index in [-0.39, 0.29) is 18.2 Å². The lowest BCUT2D eigenvalue weighted by Gasteiger charge is -2.14. The Morgan fingerprint density at radius 3 is 2.88 bits per heavy atom. The molecule has 1 amide bonds. The van der Waals surface area contributed by atoms with Crippen LogP contribution in [-0.4, -0.2) is 31.5 Å². The van der Waals surface area contributed by atoms with Gasteiger partial charge in [0.05, 0.1) is 13.7 Å². The molecule has 0 aliphatic heterocycles. The molecule has 3 nitrogen and oxygen atoms in total. The van der Waals surface area contributed by atoms with Gasteiger partial charge in [0.15, 0.2) is 11.6 Å². The smallest absolute Gasteiger partial charge is 0.254 e. The molecule has 0 atom stereocenters. The minimum atomic E-state index is -0.501. The zero-order valence-electron chi connectivity index (χ0n) is 9.16. The van der Waals surface area contributed by atoms with Crippen LogP contribution < -0.4 is 4.74 Å². The Labute approximate surface area is 93.8 Å². The molecule has 1 aromatic carbocycles. The van der Waals surface area contributed by atoms with Gasteiger partial charge in [-0.3, -0.25) is 4.79 Å². The van der Waals surface area contributed by atoms with Crippen molar-refractivity contribution in [2.45, 2.75) is 0 Å². The number of hydrogen-bond acceptors (Lipinski definition) is 2. The molecule has 0 N–H and O–H groups in total. The van der Waals surface area contributed by atoms with Gasteiger partial charge in [-0.2, -0.15) is 0 Å². The van der Waals surface area contributed by atoms with E-state index in [2.05, 4.69) is 5.92 Å². The first kappa shape index (κ1) is 12.1. The number of carbonyl (C=O) groups excluding carboxylic acids is 1. The molecule has 0 heterocycles. The Balaban J connectivity index is 2.97. The minimum Gasteiger partial charge on any atom is -0.494 e. The van der Waals surface area contributed by atoms with Crippen LogP contribution in [0.4, 0.5) is 4.39 Å². The van der Waals surface area contributed by atoms with Crippen LogP contribution in [0.15, 0.2) is 18.2 Å². The minimum absolute atomic E-state index is 0.0416. The highest BCUT2D eigenvalue weighted by Crippen LogP contribution is 2.18. The largest absolute Gasteiger partial charge is 0.494 e. The molecular weight excluding hydrogens is 209 g/mol. The molecule has 4 heteroatoms. The van der Waals surface area contributed by atoms with Crippen molar-refractivity contribution in [3.05, 3.63) is 29.6 Å². The maximum atomic E-state index is 13.1. The summed E-state index contributed by atoms with van der Waals surface area (Å²) in [5.41, 5.74) is 0.344. The highest BCUT2D eigenvalue weighted by Gasteiger charge is 2.13. The fourth-order valence-corrected chi connectivity index (χ4v) is 1.22. The summed E-state index contributed by atoms with van der Waals surface area (Å²) < 4.78 is 17.9. The normalized spacial score (nSPS) is 9.38. The van der Waals surface area contributed by atoms with Gasteiger partial charge in [-0.15, -0.1) is 6.42 Å². The molecule has 0 spiro atoms. The Hall–Kier alpha value is -2.02. The average molecular weight is 221 g/mol. The van der Waals surface area contributed by atoms with Crippen LogP contribution in [0, 0.1) is 18.2 Å². The molecule has 16 heavy (non-hydrogen) atoms. The maximum Gasteiger partial charge on any atom is 0.254 e. The van der Waals surface area contributed by atoms with Gasteiger partial charge < -0.3 is 9.64 Å². The number of hydrogen-bond donors (Lipinski definition) is 0. The number of rotatable bonds is 3. The van der Waals surface area contributed by atoms with Crippen molar-refractivity contribution >= 4 is 5.91 Å². The van der Waals surface area contributed by atoms with Crippen LogP contribution in [0.1, 0.15) is 10.4 Å². The van der Waals surface area contributed by atoms with Gasteiger partial charge in [-0.05, 0) is 18.2 Å². The molecule has 0 unspecified atom stereocenters. The zero-order chi connectivity index (χ0) is 12.1. The van der Waals surface area contributed by atoms with E-state index in [1.807, 2.05) is 0 Å². The third kappa shape index (κ3) is 2.51. The van der Waals surface area contributed by atoms with Crippen LogP contribution in [0.3, 0.4) is 0 Å². The number of methoxy groups -OCH3 is 1. The van der Waals surface area contributed by atoms with Crippen molar-refractivity contribution in [3.8, 4) is 18.1 Å². The lowest BCUT2D eigenvalue weighted by atomic mass is 10.2. The predicted octanol–water partition coefficient (Wildman–Crippen LogP) is 1.54. The van der Waals surface area contributed by atoms with Crippen molar-refractivity contribution in [1.29, 1.82) is 0 Å². The second kappa shape index (κ2) is 5.17. The van der Waals surface area contributed by atoms with Crippen molar-refractivity contribution in [1.82, 2.24) is 4.90 Å². The fraction of sp³-hybridized carbons (Fsp3) is 0.250. The van der Waals surface area contributed by atoms with Crippen LogP contribution in [0.25, 0.3) is 0 Å². The summed E-state index contributed by atoms with van der Waals surface area (Å²) >= 11 is 0. The fourth-order valence-electron chi connectivity index (χ4n) is 1.22. The van der Waals surface area contributed by atoms with Gasteiger partial charge in [0.25, 0.3) is 5.91 Å². The number of carbonyl (C=O) groups is 1. The molecular formula is C12H12FNO2. The second-order valence-corrected chi connectivity index (χ2v) is 3.21. The topological polar surface area (TPSA) is 29.5 Å². The summed E-state index contributed by atoms with van der Waals surface area (Å²) in [6, 6.07) is 3.94. The van der Waals surface area contributed by atoms with Gasteiger partial charge in [0, 0.05) is 12.6 Å². The van der Waals surface area contributed by atoms with Crippen LogP contribution in [-0.2, 0) is 0 Å². The van der Waals surface area contributed by atoms with Gasteiger partial charge in [0.2, 0.25) is 0 Å². The molecule has 1 aromatic rings. The number of nitrogens with zero attached hydrogens (tertiary/aromatic N) is 1. The van der Waals surface area contributed by atoms with E-state index in [0.29, 0.717) is 5.56 Å². The van der Waals surface area contributed by atoms with Crippen molar-refractivity contribution in [2.75, 3.05) is 20.7 Å². The summed E-state index contributed by atoms with van der Waals surface area (Å²) in [4.78, 5) is 13.1. The van der Waals surface area contributed by atoms with E-state index in [9.17, 15) is 9.18 Å². The molecule has 0 aromatic heterocycles. The zero-order valence-corrected chi connectivity index (χ0v) is 9.16. The van der Waals surface area contributed by atoms with Crippen LogP contribution in [0.5, 0.6) is 5.75 Å². The average Bonchev–Trinajstić information content (AvgIpc) is 2.29. The summed E-state index contributed by atoms with van der Waals surface area (Å²) in [6.45, 7) is 0.207. The van der Waals surface area contributed by atoms with Crippen LogP contribution >= 0.6 is 0 Å². The second-order valence-electron chi connectivity index (χ2n) is 3.21. The first-order valence-corrected chi connectivity index (χ1v) is 4.62. The standard InChI is InChI=1S/C12H12FNO2/c1-4-7-14(2)12(15)9-5-6-10(13)11(8-9)16-3/h1,5-6,8H,7H2,2-3H3. The van der Waals surface area contributed by atoms with E-state index >= 15 is 0 Å². The Kier molecular flexibility index (Phi) is 3.90. The molecule has 84 valence electrons. The number of benzene rings is 1. The SMILES string of the molecule is C#CCN(C)C(=O)c1ccc(F)c(OC)c1. The summed E-state index contributed by atoms with van der Waals surface area (Å²) in [7, 11) is 2.93. The van der Waals surface area contributed by atoms with E-state index in [0.717, 1.165) is 0 Å². The van der Waals surface area contributed by atoms with E-state index < -0.39 is 5.82 Å². The third-order valence-corrected chi connectivity index (χ3v) is 2.07. The van der Waals surface area contributed by atoms with Gasteiger partial charge in [-0.1, -0.05) is 5.92 Å². The summed E-state index contributed by atoms with van der Waals surface area (Å²) in [5, 5.41) is 0.